The van der Waals surface area contributed by atoms with Gasteiger partial charge in [-0.15, -0.1) is 5.10 Å². The van der Waals surface area contributed by atoms with Crippen LogP contribution in [0.25, 0.3) is 0 Å². The first-order valence-corrected chi connectivity index (χ1v) is 7.73. The summed E-state index contributed by atoms with van der Waals surface area (Å²) >= 11 is 7.31. The molecule has 108 valence electrons. The quantitative estimate of drug-likeness (QED) is 0.878. The van der Waals surface area contributed by atoms with Crippen molar-refractivity contribution in [3.8, 4) is 0 Å². The molecule has 0 fully saturated rings. The smallest absolute Gasteiger partial charge is 0.126 e. The van der Waals surface area contributed by atoms with E-state index in [0.717, 1.165) is 23.5 Å². The predicted octanol–water partition coefficient (Wildman–Crippen LogP) is 3.92. The molecule has 0 saturated carbocycles. The lowest BCUT2D eigenvalue weighted by Crippen LogP contribution is -2.24. The van der Waals surface area contributed by atoms with Gasteiger partial charge in [-0.2, -0.15) is 0 Å². The predicted molar refractivity (Wildman–Crippen MR) is 80.8 cm³/mol. The molecular formula is C14H17ClFN3S. The van der Waals surface area contributed by atoms with Crippen LogP contribution < -0.4 is 5.32 Å². The van der Waals surface area contributed by atoms with Gasteiger partial charge in [0.05, 0.1) is 10.6 Å². The Hall–Kier alpha value is -1.04. The molecule has 0 aliphatic carbocycles. The molecule has 1 heterocycles. The Balaban J connectivity index is 2.23. The number of rotatable bonds is 6. The van der Waals surface area contributed by atoms with E-state index in [4.69, 9.17) is 11.6 Å². The van der Waals surface area contributed by atoms with Gasteiger partial charge in [-0.05, 0) is 61.6 Å². The summed E-state index contributed by atoms with van der Waals surface area (Å²) in [5.41, 5.74) is 1.50. The van der Waals surface area contributed by atoms with E-state index in [1.807, 2.05) is 6.92 Å². The van der Waals surface area contributed by atoms with Crippen molar-refractivity contribution >= 4 is 23.1 Å². The van der Waals surface area contributed by atoms with Crippen LogP contribution in [0.3, 0.4) is 0 Å². The van der Waals surface area contributed by atoms with Gasteiger partial charge in [-0.25, -0.2) is 4.39 Å². The maximum atomic E-state index is 13.9. The minimum Gasteiger partial charge on any atom is -0.309 e. The van der Waals surface area contributed by atoms with Gasteiger partial charge in [-0.1, -0.05) is 23.0 Å². The van der Waals surface area contributed by atoms with Crippen LogP contribution in [0.4, 0.5) is 4.39 Å². The van der Waals surface area contributed by atoms with Crippen LogP contribution in [0, 0.1) is 12.7 Å². The van der Waals surface area contributed by atoms with E-state index >= 15 is 0 Å². The van der Waals surface area contributed by atoms with Gasteiger partial charge in [0.25, 0.3) is 0 Å². The van der Waals surface area contributed by atoms with E-state index < -0.39 is 0 Å². The van der Waals surface area contributed by atoms with E-state index in [9.17, 15) is 4.39 Å². The summed E-state index contributed by atoms with van der Waals surface area (Å²) in [5, 5.41) is 8.02. The topological polar surface area (TPSA) is 37.8 Å². The van der Waals surface area contributed by atoms with Crippen LogP contribution in [0.1, 0.15) is 35.5 Å². The molecule has 0 radical (unpaired) electrons. The SMILES string of the molecule is CCCNC(Cc1cc(Cl)ccc1F)c1snnc1C. The van der Waals surface area contributed by atoms with Crippen LogP contribution in [0.5, 0.6) is 0 Å². The monoisotopic (exact) mass is 313 g/mol. The van der Waals surface area contributed by atoms with Crippen molar-refractivity contribution in [3.05, 3.63) is 45.2 Å². The zero-order valence-corrected chi connectivity index (χ0v) is 13.1. The van der Waals surface area contributed by atoms with Crippen LogP contribution in [-0.2, 0) is 6.42 Å². The fourth-order valence-electron chi connectivity index (χ4n) is 2.05. The standard InChI is InChI=1S/C14H17ClFN3S/c1-3-6-17-13(14-9(2)18-19-20-14)8-10-7-11(15)4-5-12(10)16/h4-5,7,13,17H,3,6,8H2,1-2H3. The number of aromatic nitrogens is 2. The van der Waals surface area contributed by atoms with Gasteiger partial charge in [0.1, 0.15) is 5.82 Å². The minimum absolute atomic E-state index is 0.0166. The van der Waals surface area contributed by atoms with E-state index in [0.29, 0.717) is 17.0 Å². The maximum absolute atomic E-state index is 13.9. The Bertz CT molecular complexity index is 573. The highest BCUT2D eigenvalue weighted by Crippen LogP contribution is 2.26. The van der Waals surface area contributed by atoms with Gasteiger partial charge in [0.15, 0.2) is 0 Å². The van der Waals surface area contributed by atoms with Crippen molar-refractivity contribution in [2.75, 3.05) is 6.54 Å². The minimum atomic E-state index is -0.229. The van der Waals surface area contributed by atoms with Gasteiger partial charge in [-0.3, -0.25) is 0 Å². The molecule has 1 unspecified atom stereocenters. The molecule has 0 aliphatic heterocycles. The Morgan fingerprint density at radius 3 is 2.90 bits per heavy atom. The summed E-state index contributed by atoms with van der Waals surface area (Å²) in [6, 6.07) is 4.67. The highest BCUT2D eigenvalue weighted by molar-refractivity contribution is 7.05. The molecule has 0 amide bonds. The van der Waals surface area contributed by atoms with Crippen LogP contribution in [0.2, 0.25) is 5.02 Å². The molecule has 1 aromatic heterocycles. The molecule has 0 bridgehead atoms. The number of aryl methyl sites for hydroxylation is 1. The Labute approximate surface area is 127 Å². The summed E-state index contributed by atoms with van der Waals surface area (Å²) in [6.07, 6.45) is 1.55. The first-order valence-electron chi connectivity index (χ1n) is 6.58. The molecule has 1 atom stereocenters. The first kappa shape index (κ1) is 15.4. The molecule has 0 spiro atoms. The van der Waals surface area contributed by atoms with Crippen molar-refractivity contribution in [1.29, 1.82) is 0 Å². The van der Waals surface area contributed by atoms with Gasteiger partial charge in [0.2, 0.25) is 0 Å². The third kappa shape index (κ3) is 3.75. The number of nitrogens with one attached hydrogen (secondary N) is 1. The molecule has 1 N–H and O–H groups in total. The molecule has 2 aromatic rings. The molecule has 3 nitrogen and oxygen atoms in total. The molecule has 1 aromatic carbocycles. The van der Waals surface area contributed by atoms with Crippen LogP contribution >= 0.6 is 23.1 Å². The average molecular weight is 314 g/mol. The molecule has 0 saturated heterocycles. The van der Waals surface area contributed by atoms with Crippen molar-refractivity contribution < 1.29 is 4.39 Å². The third-order valence-corrected chi connectivity index (χ3v) is 4.25. The molecule has 20 heavy (non-hydrogen) atoms. The molecular weight excluding hydrogens is 297 g/mol. The number of hydrogen-bond acceptors (Lipinski definition) is 4. The summed E-state index contributed by atoms with van der Waals surface area (Å²) in [7, 11) is 0. The second-order valence-corrected chi connectivity index (χ2v) is 5.89. The van der Waals surface area contributed by atoms with Crippen LogP contribution in [0.15, 0.2) is 18.2 Å². The average Bonchev–Trinajstić information content (AvgIpc) is 2.84. The molecule has 6 heteroatoms. The number of hydrogen-bond donors (Lipinski definition) is 1. The maximum Gasteiger partial charge on any atom is 0.126 e. The fraction of sp³-hybridized carbons (Fsp3) is 0.429. The normalized spacial score (nSPS) is 12.6. The molecule has 0 aliphatic rings. The number of benzene rings is 1. The highest BCUT2D eigenvalue weighted by Gasteiger charge is 2.19. The van der Waals surface area contributed by atoms with E-state index in [1.165, 1.54) is 17.6 Å². The van der Waals surface area contributed by atoms with Gasteiger partial charge < -0.3 is 5.32 Å². The summed E-state index contributed by atoms with van der Waals surface area (Å²) in [6.45, 7) is 4.89. The fourth-order valence-corrected chi connectivity index (χ4v) is 2.97. The first-order chi connectivity index (χ1) is 9.61. The highest BCUT2D eigenvalue weighted by atomic mass is 35.5. The lowest BCUT2D eigenvalue weighted by molar-refractivity contribution is 0.516. The Kier molecular flexibility index (Phi) is 5.46. The molecule has 2 rings (SSSR count). The number of nitrogens with zero attached hydrogens (tertiary/aromatic N) is 2. The zero-order chi connectivity index (χ0) is 14.5. The zero-order valence-electron chi connectivity index (χ0n) is 11.5. The van der Waals surface area contributed by atoms with Crippen molar-refractivity contribution in [2.24, 2.45) is 0 Å². The van der Waals surface area contributed by atoms with E-state index in [-0.39, 0.29) is 11.9 Å². The lowest BCUT2D eigenvalue weighted by atomic mass is 10.0. The Morgan fingerprint density at radius 2 is 2.25 bits per heavy atom. The van der Waals surface area contributed by atoms with Gasteiger partial charge >= 0.3 is 0 Å². The largest absolute Gasteiger partial charge is 0.309 e. The lowest BCUT2D eigenvalue weighted by Gasteiger charge is -2.18. The van der Waals surface area contributed by atoms with Crippen molar-refractivity contribution in [1.82, 2.24) is 14.9 Å². The Morgan fingerprint density at radius 1 is 1.45 bits per heavy atom. The summed E-state index contributed by atoms with van der Waals surface area (Å²) in [4.78, 5) is 1.05. The van der Waals surface area contributed by atoms with E-state index in [2.05, 4.69) is 21.8 Å². The van der Waals surface area contributed by atoms with Crippen LogP contribution in [-0.4, -0.2) is 16.1 Å². The second kappa shape index (κ2) is 7.11. The van der Waals surface area contributed by atoms with Gasteiger partial charge in [0, 0.05) is 11.1 Å². The van der Waals surface area contributed by atoms with Crippen molar-refractivity contribution in [2.45, 2.75) is 32.7 Å². The number of halogens is 2. The van der Waals surface area contributed by atoms with E-state index in [1.54, 1.807) is 12.1 Å². The summed E-state index contributed by atoms with van der Waals surface area (Å²) in [5.74, 6) is -0.229. The second-order valence-electron chi connectivity index (χ2n) is 4.67. The van der Waals surface area contributed by atoms with Crippen molar-refractivity contribution in [3.63, 3.8) is 0 Å². The third-order valence-electron chi connectivity index (χ3n) is 3.08. The summed E-state index contributed by atoms with van der Waals surface area (Å²) < 4.78 is 17.8.